The maximum Gasteiger partial charge on any atom is 0.410 e. The van der Waals surface area contributed by atoms with Gasteiger partial charge in [0.2, 0.25) is 0 Å². The highest BCUT2D eigenvalue weighted by Crippen LogP contribution is 2.21. The first-order valence-corrected chi connectivity index (χ1v) is 8.60. The third kappa shape index (κ3) is 4.96. The Bertz CT molecular complexity index is 738. The summed E-state index contributed by atoms with van der Waals surface area (Å²) in [4.78, 5) is 41.3. The van der Waals surface area contributed by atoms with Crippen LogP contribution in [0.25, 0.3) is 0 Å². The van der Waals surface area contributed by atoms with Gasteiger partial charge in [-0.05, 0) is 40.5 Å². The lowest BCUT2D eigenvalue weighted by atomic mass is 10.2. The largest absolute Gasteiger partial charge is 0.480 e. The number of carboxylic acids is 1. The molecule has 1 aliphatic rings. The molecule has 1 aromatic heterocycles. The molecule has 0 saturated carbocycles. The summed E-state index contributed by atoms with van der Waals surface area (Å²) in [5.74, 6) is -1.02. The number of carbonyl (C=O) groups is 2. The Kier molecular flexibility index (Phi) is 5.89. The van der Waals surface area contributed by atoms with Gasteiger partial charge in [0.1, 0.15) is 12.1 Å². The van der Waals surface area contributed by atoms with E-state index in [0.29, 0.717) is 18.8 Å². The molecule has 1 aromatic rings. The van der Waals surface area contributed by atoms with Crippen LogP contribution in [0.4, 0.5) is 10.6 Å². The van der Waals surface area contributed by atoms with Crippen LogP contribution in [0, 0.1) is 6.92 Å². The zero-order valence-corrected chi connectivity index (χ0v) is 15.6. The zero-order chi connectivity index (χ0) is 19.5. The highest BCUT2D eigenvalue weighted by molar-refractivity contribution is 5.69. The van der Waals surface area contributed by atoms with Crippen LogP contribution in [0.1, 0.15) is 39.3 Å². The van der Waals surface area contributed by atoms with Crippen molar-refractivity contribution in [2.75, 3.05) is 18.4 Å². The Labute approximate surface area is 152 Å². The SMILES string of the molecule is Cc1cnc(NC[C@H]2CCCN2C(=O)OC(C)(C)C)c(=O)n1CC(=O)O. The summed E-state index contributed by atoms with van der Waals surface area (Å²) in [7, 11) is 0. The van der Waals surface area contributed by atoms with Crippen LogP contribution < -0.4 is 10.9 Å². The number of anilines is 1. The fraction of sp³-hybridized carbons (Fsp3) is 0.647. The minimum Gasteiger partial charge on any atom is -0.480 e. The number of aryl methyl sites for hydroxylation is 1. The molecule has 0 spiro atoms. The highest BCUT2D eigenvalue weighted by Gasteiger charge is 2.32. The van der Waals surface area contributed by atoms with E-state index < -0.39 is 23.7 Å². The summed E-state index contributed by atoms with van der Waals surface area (Å²) >= 11 is 0. The van der Waals surface area contributed by atoms with Gasteiger partial charge >= 0.3 is 12.1 Å². The molecule has 9 nitrogen and oxygen atoms in total. The van der Waals surface area contributed by atoms with Gasteiger partial charge in [0, 0.05) is 25.0 Å². The summed E-state index contributed by atoms with van der Waals surface area (Å²) in [6.45, 7) is 7.60. The number of nitrogens with zero attached hydrogens (tertiary/aromatic N) is 3. The van der Waals surface area contributed by atoms with Crippen LogP contribution >= 0.6 is 0 Å². The average molecular weight is 366 g/mol. The van der Waals surface area contributed by atoms with E-state index in [1.807, 2.05) is 20.8 Å². The first-order valence-electron chi connectivity index (χ1n) is 8.60. The van der Waals surface area contributed by atoms with Crippen LogP contribution in [0.5, 0.6) is 0 Å². The van der Waals surface area contributed by atoms with Crippen LogP contribution in [0.3, 0.4) is 0 Å². The molecule has 26 heavy (non-hydrogen) atoms. The van der Waals surface area contributed by atoms with Crippen molar-refractivity contribution in [2.45, 2.75) is 58.7 Å². The lowest BCUT2D eigenvalue weighted by Crippen LogP contribution is -2.43. The molecule has 2 rings (SSSR count). The number of aliphatic carboxylic acids is 1. The molecule has 1 atom stereocenters. The normalized spacial score (nSPS) is 17.2. The number of amides is 1. The Morgan fingerprint density at radius 2 is 2.12 bits per heavy atom. The third-order valence-electron chi connectivity index (χ3n) is 4.06. The molecule has 2 heterocycles. The van der Waals surface area contributed by atoms with Crippen molar-refractivity contribution in [1.82, 2.24) is 14.5 Å². The molecule has 0 aromatic carbocycles. The highest BCUT2D eigenvalue weighted by atomic mass is 16.6. The molecule has 0 bridgehead atoms. The fourth-order valence-electron chi connectivity index (χ4n) is 2.85. The van der Waals surface area contributed by atoms with Gasteiger partial charge in [0.25, 0.3) is 5.56 Å². The summed E-state index contributed by atoms with van der Waals surface area (Å²) in [6, 6.07) is -0.111. The molecule has 0 radical (unpaired) electrons. The van der Waals surface area contributed by atoms with Crippen molar-refractivity contribution in [3.05, 3.63) is 22.2 Å². The zero-order valence-electron chi connectivity index (χ0n) is 15.6. The van der Waals surface area contributed by atoms with E-state index in [2.05, 4.69) is 10.3 Å². The van der Waals surface area contributed by atoms with Gasteiger partial charge in [-0.3, -0.25) is 14.2 Å². The molecule has 0 unspecified atom stereocenters. The smallest absolute Gasteiger partial charge is 0.410 e. The number of ether oxygens (including phenoxy) is 1. The van der Waals surface area contributed by atoms with Gasteiger partial charge in [0.05, 0.1) is 6.04 Å². The van der Waals surface area contributed by atoms with E-state index in [9.17, 15) is 14.4 Å². The van der Waals surface area contributed by atoms with E-state index in [-0.39, 0.29) is 18.0 Å². The topological polar surface area (TPSA) is 114 Å². The van der Waals surface area contributed by atoms with E-state index >= 15 is 0 Å². The average Bonchev–Trinajstić information content (AvgIpc) is 2.97. The van der Waals surface area contributed by atoms with Crippen LogP contribution in [0.2, 0.25) is 0 Å². The predicted octanol–water partition coefficient (Wildman–Crippen LogP) is 1.45. The number of hydrogen-bond donors (Lipinski definition) is 2. The third-order valence-corrected chi connectivity index (χ3v) is 4.06. The van der Waals surface area contributed by atoms with Gasteiger partial charge < -0.3 is 20.1 Å². The number of hydrogen-bond acceptors (Lipinski definition) is 6. The second-order valence-electron chi connectivity index (χ2n) is 7.38. The Morgan fingerprint density at radius 3 is 2.73 bits per heavy atom. The Balaban J connectivity index is 2.07. The van der Waals surface area contributed by atoms with E-state index in [0.717, 1.165) is 17.4 Å². The number of likely N-dealkylation sites (tertiary alicyclic amines) is 1. The predicted molar refractivity (Wildman–Crippen MR) is 95.3 cm³/mol. The first-order chi connectivity index (χ1) is 12.1. The second-order valence-corrected chi connectivity index (χ2v) is 7.38. The molecule has 1 saturated heterocycles. The molecule has 0 aliphatic carbocycles. The van der Waals surface area contributed by atoms with Gasteiger partial charge in [-0.25, -0.2) is 9.78 Å². The minimum absolute atomic E-state index is 0.0767. The van der Waals surface area contributed by atoms with Crippen molar-refractivity contribution in [3.63, 3.8) is 0 Å². The first kappa shape index (κ1) is 19.7. The molecule has 2 N–H and O–H groups in total. The number of aromatic nitrogens is 2. The number of rotatable bonds is 5. The molecule has 1 aliphatic heterocycles. The Hall–Kier alpha value is -2.58. The summed E-state index contributed by atoms with van der Waals surface area (Å²) in [6.07, 6.45) is 2.73. The fourth-order valence-corrected chi connectivity index (χ4v) is 2.85. The van der Waals surface area contributed by atoms with Crippen LogP contribution in [-0.4, -0.2) is 56.4 Å². The molecular formula is C17H26N4O5. The van der Waals surface area contributed by atoms with Gasteiger partial charge in [-0.1, -0.05) is 0 Å². The Morgan fingerprint density at radius 1 is 1.42 bits per heavy atom. The minimum atomic E-state index is -1.10. The monoisotopic (exact) mass is 366 g/mol. The quantitative estimate of drug-likeness (QED) is 0.810. The van der Waals surface area contributed by atoms with Gasteiger partial charge in [-0.15, -0.1) is 0 Å². The summed E-state index contributed by atoms with van der Waals surface area (Å²) < 4.78 is 6.57. The van der Waals surface area contributed by atoms with Crippen molar-refractivity contribution in [3.8, 4) is 0 Å². The van der Waals surface area contributed by atoms with E-state index in [1.54, 1.807) is 11.8 Å². The van der Waals surface area contributed by atoms with Crippen LogP contribution in [0.15, 0.2) is 11.0 Å². The van der Waals surface area contributed by atoms with Crippen molar-refractivity contribution >= 4 is 17.9 Å². The van der Waals surface area contributed by atoms with E-state index in [4.69, 9.17) is 9.84 Å². The van der Waals surface area contributed by atoms with Gasteiger partial charge in [-0.2, -0.15) is 0 Å². The molecule has 1 fully saturated rings. The standard InChI is InChI=1S/C17H26N4O5/c1-11-8-18-14(15(24)21(11)10-13(22)23)19-9-12-6-5-7-20(12)16(25)26-17(2,3)4/h8,12H,5-7,9-10H2,1-4H3,(H,18,19)(H,22,23)/t12-/m1/s1. The lowest BCUT2D eigenvalue weighted by molar-refractivity contribution is -0.137. The molecule has 9 heteroatoms. The molecule has 144 valence electrons. The van der Waals surface area contributed by atoms with Crippen molar-refractivity contribution < 1.29 is 19.4 Å². The lowest BCUT2D eigenvalue weighted by Gasteiger charge is -2.28. The molecule has 1 amide bonds. The van der Waals surface area contributed by atoms with E-state index in [1.165, 1.54) is 6.20 Å². The van der Waals surface area contributed by atoms with Gasteiger partial charge in [0.15, 0.2) is 5.82 Å². The van der Waals surface area contributed by atoms with Crippen LogP contribution in [-0.2, 0) is 16.1 Å². The summed E-state index contributed by atoms with van der Waals surface area (Å²) in [5.41, 5.74) is -0.589. The van der Waals surface area contributed by atoms with Crippen molar-refractivity contribution in [1.29, 1.82) is 0 Å². The van der Waals surface area contributed by atoms with Crippen molar-refractivity contribution in [2.24, 2.45) is 0 Å². The number of carboxylic acid groups (broad SMARTS) is 1. The second kappa shape index (κ2) is 7.76. The summed E-state index contributed by atoms with van der Waals surface area (Å²) in [5, 5.41) is 11.9. The number of nitrogens with one attached hydrogen (secondary N) is 1. The maximum atomic E-state index is 12.4. The number of carbonyl (C=O) groups excluding carboxylic acids is 1. The maximum absolute atomic E-state index is 12.4. The molecular weight excluding hydrogens is 340 g/mol.